The highest BCUT2D eigenvalue weighted by atomic mass is 16.4. The molecule has 0 unspecified atom stereocenters. The van der Waals surface area contributed by atoms with E-state index in [0.29, 0.717) is 25.3 Å². The molecule has 1 aromatic carbocycles. The third-order valence-corrected chi connectivity index (χ3v) is 3.35. The first-order valence-electron chi connectivity index (χ1n) is 7.49. The lowest BCUT2D eigenvalue weighted by molar-refractivity contribution is -0.121. The number of carbonyl (C=O) groups is 1. The minimum atomic E-state index is 0.112. The van der Waals surface area contributed by atoms with Crippen molar-refractivity contribution in [2.24, 2.45) is 0 Å². The van der Waals surface area contributed by atoms with Gasteiger partial charge in [-0.3, -0.25) is 4.79 Å². The molecule has 2 rings (SSSR count). The molecule has 1 amide bonds. The number of hydrogen-bond acceptors (Lipinski definition) is 3. The topological polar surface area (TPSA) is 55.1 Å². The van der Waals surface area contributed by atoms with Crippen molar-refractivity contribution < 1.29 is 9.21 Å². The van der Waals surface area contributed by atoms with Gasteiger partial charge in [-0.05, 0) is 25.5 Å². The van der Waals surface area contributed by atoms with Crippen molar-refractivity contribution in [3.8, 4) is 11.5 Å². The Labute approximate surface area is 125 Å². The molecule has 0 fully saturated rings. The average Bonchev–Trinajstić information content (AvgIpc) is 2.87. The Balaban J connectivity index is 1.90. The van der Waals surface area contributed by atoms with Gasteiger partial charge in [0.15, 0.2) is 0 Å². The number of hydrogen-bond donors (Lipinski definition) is 1. The van der Waals surface area contributed by atoms with Gasteiger partial charge in [0.2, 0.25) is 11.8 Å². The third kappa shape index (κ3) is 4.45. The van der Waals surface area contributed by atoms with Crippen molar-refractivity contribution in [2.45, 2.75) is 39.5 Å². The molecule has 4 heteroatoms. The van der Waals surface area contributed by atoms with E-state index in [0.717, 1.165) is 29.9 Å². The summed E-state index contributed by atoms with van der Waals surface area (Å²) >= 11 is 0. The van der Waals surface area contributed by atoms with Crippen LogP contribution in [0.4, 0.5) is 0 Å². The normalized spacial score (nSPS) is 10.6. The van der Waals surface area contributed by atoms with Crippen LogP contribution in [-0.2, 0) is 11.2 Å². The summed E-state index contributed by atoms with van der Waals surface area (Å²) in [6.45, 7) is 4.59. The lowest BCUT2D eigenvalue weighted by atomic mass is 10.2. The van der Waals surface area contributed by atoms with Crippen LogP contribution in [0, 0.1) is 6.92 Å². The Bertz CT molecular complexity index is 576. The Morgan fingerprint density at radius 2 is 2.05 bits per heavy atom. The van der Waals surface area contributed by atoms with Crippen LogP contribution in [-0.4, -0.2) is 17.4 Å². The van der Waals surface area contributed by atoms with Crippen molar-refractivity contribution >= 4 is 5.91 Å². The van der Waals surface area contributed by atoms with Crippen LogP contribution in [0.3, 0.4) is 0 Å². The minimum absolute atomic E-state index is 0.112. The summed E-state index contributed by atoms with van der Waals surface area (Å²) in [4.78, 5) is 16.1. The highest BCUT2D eigenvalue weighted by Crippen LogP contribution is 2.21. The van der Waals surface area contributed by atoms with Crippen LogP contribution in [0.1, 0.15) is 37.6 Å². The molecule has 0 bridgehead atoms. The third-order valence-electron chi connectivity index (χ3n) is 3.35. The van der Waals surface area contributed by atoms with E-state index in [1.165, 1.54) is 0 Å². The maximum absolute atomic E-state index is 11.5. The number of nitrogens with one attached hydrogen (secondary N) is 1. The van der Waals surface area contributed by atoms with Crippen LogP contribution in [0.2, 0.25) is 0 Å². The fourth-order valence-corrected chi connectivity index (χ4v) is 2.11. The van der Waals surface area contributed by atoms with Gasteiger partial charge >= 0.3 is 0 Å². The lowest BCUT2D eigenvalue weighted by Crippen LogP contribution is -2.25. The second-order valence-corrected chi connectivity index (χ2v) is 5.09. The molecule has 1 aromatic heterocycles. The quantitative estimate of drug-likeness (QED) is 0.847. The Morgan fingerprint density at radius 1 is 1.29 bits per heavy atom. The molecule has 21 heavy (non-hydrogen) atoms. The average molecular weight is 286 g/mol. The molecule has 0 aliphatic rings. The van der Waals surface area contributed by atoms with Crippen molar-refractivity contribution in [3.63, 3.8) is 0 Å². The number of benzene rings is 1. The maximum atomic E-state index is 11.5. The van der Waals surface area contributed by atoms with E-state index in [-0.39, 0.29) is 5.91 Å². The Morgan fingerprint density at radius 3 is 2.76 bits per heavy atom. The number of amides is 1. The Hall–Kier alpha value is -2.10. The zero-order valence-corrected chi connectivity index (χ0v) is 12.7. The summed E-state index contributed by atoms with van der Waals surface area (Å²) in [5.74, 6) is 1.57. The van der Waals surface area contributed by atoms with E-state index in [9.17, 15) is 4.79 Å². The van der Waals surface area contributed by atoms with E-state index in [1.54, 1.807) is 0 Å². The smallest absolute Gasteiger partial charge is 0.226 e. The first kappa shape index (κ1) is 15.3. The number of oxazole rings is 1. The predicted octanol–water partition coefficient (Wildman–Crippen LogP) is 3.50. The monoisotopic (exact) mass is 286 g/mol. The molecule has 1 N–H and O–H groups in total. The molecule has 2 aromatic rings. The second kappa shape index (κ2) is 7.62. The number of aromatic nitrogens is 1. The van der Waals surface area contributed by atoms with Crippen LogP contribution in [0.25, 0.3) is 11.5 Å². The number of unbranched alkanes of at least 4 members (excludes halogenated alkanes) is 1. The molecule has 0 radical (unpaired) electrons. The van der Waals surface area contributed by atoms with Crippen LogP contribution >= 0.6 is 0 Å². The van der Waals surface area contributed by atoms with Crippen molar-refractivity contribution in [2.75, 3.05) is 6.54 Å². The summed E-state index contributed by atoms with van der Waals surface area (Å²) in [5.41, 5.74) is 1.88. The summed E-state index contributed by atoms with van der Waals surface area (Å²) < 4.78 is 5.70. The van der Waals surface area contributed by atoms with Gasteiger partial charge in [0.25, 0.3) is 0 Å². The number of carbonyl (C=O) groups excluding carboxylic acids is 1. The van der Waals surface area contributed by atoms with Crippen molar-refractivity contribution in [1.29, 1.82) is 0 Å². The summed E-state index contributed by atoms with van der Waals surface area (Å²) in [6.07, 6.45) is 3.27. The molecule has 0 saturated heterocycles. The van der Waals surface area contributed by atoms with Gasteiger partial charge < -0.3 is 9.73 Å². The highest BCUT2D eigenvalue weighted by molar-refractivity contribution is 5.75. The van der Waals surface area contributed by atoms with Gasteiger partial charge in [-0.15, -0.1) is 0 Å². The molecule has 0 spiro atoms. The van der Waals surface area contributed by atoms with Crippen LogP contribution in [0.15, 0.2) is 34.7 Å². The van der Waals surface area contributed by atoms with E-state index in [4.69, 9.17) is 4.42 Å². The summed E-state index contributed by atoms with van der Waals surface area (Å²) in [5, 5.41) is 2.92. The molecular weight excluding hydrogens is 264 g/mol. The first-order valence-corrected chi connectivity index (χ1v) is 7.49. The highest BCUT2D eigenvalue weighted by Gasteiger charge is 2.11. The molecule has 112 valence electrons. The van der Waals surface area contributed by atoms with Gasteiger partial charge in [-0.1, -0.05) is 31.5 Å². The first-order chi connectivity index (χ1) is 10.2. The van der Waals surface area contributed by atoms with E-state index < -0.39 is 0 Å². The van der Waals surface area contributed by atoms with Gasteiger partial charge in [0.05, 0.1) is 5.69 Å². The number of nitrogens with zero attached hydrogens (tertiary/aromatic N) is 1. The molecule has 0 atom stereocenters. The van der Waals surface area contributed by atoms with Crippen LogP contribution < -0.4 is 5.32 Å². The number of rotatable bonds is 7. The summed E-state index contributed by atoms with van der Waals surface area (Å²) in [7, 11) is 0. The van der Waals surface area contributed by atoms with Gasteiger partial charge in [-0.25, -0.2) is 4.98 Å². The zero-order chi connectivity index (χ0) is 15.1. The van der Waals surface area contributed by atoms with Crippen molar-refractivity contribution in [1.82, 2.24) is 10.3 Å². The van der Waals surface area contributed by atoms with Gasteiger partial charge in [0.1, 0.15) is 5.76 Å². The Kier molecular flexibility index (Phi) is 5.55. The van der Waals surface area contributed by atoms with Gasteiger partial charge in [0, 0.05) is 24.9 Å². The lowest BCUT2D eigenvalue weighted by Gasteiger charge is -2.03. The SMILES string of the molecule is CCCCC(=O)NCCc1nc(-c2ccccc2)oc1C. The van der Waals surface area contributed by atoms with Crippen LogP contribution in [0.5, 0.6) is 0 Å². The van der Waals surface area contributed by atoms with E-state index in [2.05, 4.69) is 17.2 Å². The zero-order valence-electron chi connectivity index (χ0n) is 12.7. The predicted molar refractivity (Wildman–Crippen MR) is 82.9 cm³/mol. The molecular formula is C17H22N2O2. The van der Waals surface area contributed by atoms with Gasteiger partial charge in [-0.2, -0.15) is 0 Å². The van der Waals surface area contributed by atoms with Crippen molar-refractivity contribution in [3.05, 3.63) is 41.8 Å². The summed E-state index contributed by atoms with van der Waals surface area (Å²) in [6, 6.07) is 9.83. The largest absolute Gasteiger partial charge is 0.441 e. The molecule has 1 heterocycles. The minimum Gasteiger partial charge on any atom is -0.441 e. The fraction of sp³-hybridized carbons (Fsp3) is 0.412. The molecule has 0 aliphatic carbocycles. The van der Waals surface area contributed by atoms with E-state index in [1.807, 2.05) is 37.3 Å². The second-order valence-electron chi connectivity index (χ2n) is 5.09. The number of aryl methyl sites for hydroxylation is 1. The van der Waals surface area contributed by atoms with E-state index >= 15 is 0 Å². The fourth-order valence-electron chi connectivity index (χ4n) is 2.11. The standard InChI is InChI=1S/C17H22N2O2/c1-3-4-10-16(20)18-12-11-15-13(2)21-17(19-15)14-8-6-5-7-9-14/h5-9H,3-4,10-12H2,1-2H3,(H,18,20). The molecule has 0 saturated carbocycles. The maximum Gasteiger partial charge on any atom is 0.226 e. The molecule has 0 aliphatic heterocycles. The molecule has 4 nitrogen and oxygen atoms in total.